The lowest BCUT2D eigenvalue weighted by Crippen LogP contribution is -2.28. The topological polar surface area (TPSA) is 81.9 Å². The first-order valence-corrected chi connectivity index (χ1v) is 12.8. The zero-order chi connectivity index (χ0) is 25.1. The van der Waals surface area contributed by atoms with E-state index in [1.54, 1.807) is 12.4 Å². The van der Waals surface area contributed by atoms with Crippen LogP contribution >= 0.6 is 23.2 Å². The van der Waals surface area contributed by atoms with Crippen LogP contribution in [0.5, 0.6) is 5.75 Å². The molecule has 0 unspecified atom stereocenters. The molecule has 0 radical (unpaired) electrons. The minimum absolute atomic E-state index is 0.250. The van der Waals surface area contributed by atoms with E-state index >= 15 is 0 Å². The van der Waals surface area contributed by atoms with Gasteiger partial charge in [-0.2, -0.15) is 0 Å². The number of halogens is 2. The number of hydrogen-bond donors (Lipinski definition) is 3. The minimum atomic E-state index is 0.250. The number of likely N-dealkylation sites (N-methyl/N-ethyl adjacent to an activating group) is 1. The van der Waals surface area contributed by atoms with Crippen LogP contribution in [-0.4, -0.2) is 51.0 Å². The summed E-state index contributed by atoms with van der Waals surface area (Å²) in [6.45, 7) is 8.66. The normalized spacial score (nSPS) is 11.6. The van der Waals surface area contributed by atoms with E-state index in [2.05, 4.69) is 51.1 Å². The molecule has 0 aliphatic heterocycles. The highest BCUT2D eigenvalue weighted by molar-refractivity contribution is 6.35. The first-order chi connectivity index (χ1) is 17.6. The molecule has 186 valence electrons. The van der Waals surface area contributed by atoms with E-state index in [9.17, 15) is 0 Å². The molecule has 0 aliphatic carbocycles. The van der Waals surface area contributed by atoms with E-state index in [0.717, 1.165) is 65.2 Å². The van der Waals surface area contributed by atoms with Gasteiger partial charge in [0, 0.05) is 59.4 Å². The molecular formula is C27H28Cl2N6O. The molecule has 3 N–H and O–H groups in total. The van der Waals surface area contributed by atoms with Crippen molar-refractivity contribution in [3.05, 3.63) is 70.6 Å². The second-order valence-corrected chi connectivity index (χ2v) is 9.37. The number of nitrogens with one attached hydrogen (secondary N) is 3. The molecule has 0 fully saturated rings. The monoisotopic (exact) mass is 522 g/mol. The Balaban J connectivity index is 1.36. The Morgan fingerprint density at radius 2 is 1.81 bits per heavy atom. The van der Waals surface area contributed by atoms with Gasteiger partial charge in [-0.1, -0.05) is 37.0 Å². The fourth-order valence-corrected chi connectivity index (χ4v) is 4.74. The van der Waals surface area contributed by atoms with E-state index < -0.39 is 0 Å². The number of imidazole rings is 1. The Labute approximate surface area is 219 Å². The number of pyridine rings is 1. The predicted molar refractivity (Wildman–Crippen MR) is 148 cm³/mol. The fourth-order valence-electron chi connectivity index (χ4n) is 4.26. The highest BCUT2D eigenvalue weighted by atomic mass is 35.5. The van der Waals surface area contributed by atoms with Gasteiger partial charge in [-0.25, -0.2) is 4.98 Å². The first kappa shape index (κ1) is 24.4. The number of aromatic amines is 2. The number of benzene rings is 2. The van der Waals surface area contributed by atoms with Crippen LogP contribution < -0.4 is 10.1 Å². The van der Waals surface area contributed by atoms with E-state index in [-0.39, 0.29) is 6.61 Å². The maximum Gasteiger partial charge on any atom is 0.140 e. The van der Waals surface area contributed by atoms with Crippen molar-refractivity contribution >= 4 is 50.8 Å². The molecule has 0 saturated heterocycles. The summed E-state index contributed by atoms with van der Waals surface area (Å²) in [6, 6.07) is 12.1. The van der Waals surface area contributed by atoms with Crippen molar-refractivity contribution in [1.82, 2.24) is 24.8 Å². The third-order valence-corrected chi connectivity index (χ3v) is 7.03. The zero-order valence-electron chi connectivity index (χ0n) is 20.2. The molecule has 3 heterocycles. The van der Waals surface area contributed by atoms with Gasteiger partial charge in [0.15, 0.2) is 0 Å². The average Bonchev–Trinajstić information content (AvgIpc) is 3.49. The first-order valence-electron chi connectivity index (χ1n) is 12.0. The predicted octanol–water partition coefficient (Wildman–Crippen LogP) is 6.75. The number of H-pyrrole nitrogens is 2. The minimum Gasteiger partial charge on any atom is -0.489 e. The lowest BCUT2D eigenvalue weighted by Gasteiger charge is -2.18. The molecule has 0 atom stereocenters. The molecule has 0 bridgehead atoms. The van der Waals surface area contributed by atoms with Crippen molar-refractivity contribution in [2.45, 2.75) is 20.5 Å². The summed E-state index contributed by atoms with van der Waals surface area (Å²) in [4.78, 5) is 18.0. The van der Waals surface area contributed by atoms with Crippen LogP contribution in [0.25, 0.3) is 33.3 Å². The Bertz CT molecular complexity index is 1470. The second kappa shape index (κ2) is 10.8. The summed E-state index contributed by atoms with van der Waals surface area (Å²) in [6.07, 6.45) is 5.09. The molecule has 0 aliphatic rings. The van der Waals surface area contributed by atoms with Crippen molar-refractivity contribution in [2.24, 2.45) is 0 Å². The number of ether oxygens (including phenoxy) is 1. The van der Waals surface area contributed by atoms with Crippen LogP contribution in [0.4, 0.5) is 5.69 Å². The number of fused-ring (bicyclic) bond motifs is 2. The number of hydrogen-bond acceptors (Lipinski definition) is 5. The maximum absolute atomic E-state index is 6.23. The second-order valence-electron chi connectivity index (χ2n) is 8.55. The molecule has 9 heteroatoms. The molecule has 7 nitrogen and oxygen atoms in total. The largest absolute Gasteiger partial charge is 0.489 e. The molecular weight excluding hydrogens is 495 g/mol. The molecule has 5 rings (SSSR count). The van der Waals surface area contributed by atoms with Crippen LogP contribution in [0.1, 0.15) is 19.4 Å². The van der Waals surface area contributed by atoms with Gasteiger partial charge in [-0.05, 0) is 49.5 Å². The van der Waals surface area contributed by atoms with E-state index in [1.165, 1.54) is 0 Å². The number of aromatic nitrogens is 4. The smallest absolute Gasteiger partial charge is 0.140 e. The molecule has 3 aromatic heterocycles. The fraction of sp³-hybridized carbons (Fsp3) is 0.259. The molecule has 5 aromatic rings. The molecule has 0 amide bonds. The molecule has 2 aromatic carbocycles. The molecule has 0 spiro atoms. The Hall–Kier alpha value is -3.26. The lowest BCUT2D eigenvalue weighted by atomic mass is 10.1. The Morgan fingerprint density at radius 3 is 2.58 bits per heavy atom. The van der Waals surface area contributed by atoms with Crippen LogP contribution in [0, 0.1) is 0 Å². The number of nitrogens with zero attached hydrogens (tertiary/aromatic N) is 3. The van der Waals surface area contributed by atoms with Crippen molar-refractivity contribution in [1.29, 1.82) is 0 Å². The highest BCUT2D eigenvalue weighted by Crippen LogP contribution is 2.32. The molecule has 36 heavy (non-hydrogen) atoms. The summed E-state index contributed by atoms with van der Waals surface area (Å²) in [7, 11) is 0. The lowest BCUT2D eigenvalue weighted by molar-refractivity contribution is 0.306. The zero-order valence-corrected chi connectivity index (χ0v) is 21.7. The van der Waals surface area contributed by atoms with Crippen molar-refractivity contribution in [3.63, 3.8) is 0 Å². The van der Waals surface area contributed by atoms with E-state index in [4.69, 9.17) is 32.9 Å². The van der Waals surface area contributed by atoms with Gasteiger partial charge in [0.2, 0.25) is 0 Å². The van der Waals surface area contributed by atoms with Gasteiger partial charge in [-0.15, -0.1) is 0 Å². The van der Waals surface area contributed by atoms with Crippen LogP contribution in [0.2, 0.25) is 10.0 Å². The third-order valence-electron chi connectivity index (χ3n) is 6.38. The average molecular weight is 523 g/mol. The Morgan fingerprint density at radius 1 is 1.00 bits per heavy atom. The third kappa shape index (κ3) is 5.14. The van der Waals surface area contributed by atoms with Crippen molar-refractivity contribution in [3.8, 4) is 17.1 Å². The van der Waals surface area contributed by atoms with Crippen molar-refractivity contribution in [2.75, 3.05) is 31.5 Å². The SMILES string of the molecule is CCN(CC)CCNc1ccc2nc(-c3c[nH]c4ccc(OCc5c(Cl)cncc5Cl)cc34)[nH]c2c1. The quantitative estimate of drug-likeness (QED) is 0.189. The van der Waals surface area contributed by atoms with Crippen molar-refractivity contribution < 1.29 is 4.74 Å². The van der Waals surface area contributed by atoms with Crippen LogP contribution in [0.3, 0.4) is 0 Å². The number of anilines is 1. The van der Waals surface area contributed by atoms with Gasteiger partial charge < -0.3 is 24.9 Å². The van der Waals surface area contributed by atoms with Crippen LogP contribution in [-0.2, 0) is 6.61 Å². The van der Waals surface area contributed by atoms with Crippen LogP contribution in [0.15, 0.2) is 55.0 Å². The standard InChI is InChI=1S/C27H28Cl2N6O/c1-3-35(4-2)10-9-31-17-5-7-25-26(11-17)34-27(33-25)20-13-32-24-8-6-18(12-19(20)24)36-16-21-22(28)14-30-15-23(21)29/h5-8,11-15,31-32H,3-4,9-10,16H2,1-2H3,(H,33,34). The van der Waals surface area contributed by atoms with Gasteiger partial charge >= 0.3 is 0 Å². The van der Waals surface area contributed by atoms with Gasteiger partial charge in [0.1, 0.15) is 18.2 Å². The highest BCUT2D eigenvalue weighted by Gasteiger charge is 2.13. The molecule has 0 saturated carbocycles. The van der Waals surface area contributed by atoms with Gasteiger partial charge in [0.25, 0.3) is 0 Å². The number of rotatable bonds is 10. The van der Waals surface area contributed by atoms with E-state index in [1.807, 2.05) is 30.5 Å². The maximum atomic E-state index is 6.23. The Kier molecular flexibility index (Phi) is 7.32. The van der Waals surface area contributed by atoms with Gasteiger partial charge in [-0.3, -0.25) is 4.98 Å². The van der Waals surface area contributed by atoms with E-state index in [0.29, 0.717) is 21.4 Å². The van der Waals surface area contributed by atoms with Gasteiger partial charge in [0.05, 0.1) is 21.1 Å². The summed E-state index contributed by atoms with van der Waals surface area (Å²) >= 11 is 12.5. The summed E-state index contributed by atoms with van der Waals surface area (Å²) in [5, 5.41) is 5.49. The summed E-state index contributed by atoms with van der Waals surface area (Å²) < 4.78 is 6.01. The summed E-state index contributed by atoms with van der Waals surface area (Å²) in [5.74, 6) is 1.51. The summed E-state index contributed by atoms with van der Waals surface area (Å²) in [5.41, 5.74) is 5.67.